The van der Waals surface area contributed by atoms with E-state index in [2.05, 4.69) is 17.0 Å². The second-order valence-corrected chi connectivity index (χ2v) is 6.34. The van der Waals surface area contributed by atoms with E-state index in [1.54, 1.807) is 0 Å². The minimum absolute atomic E-state index is 0. The Morgan fingerprint density at radius 1 is 1.05 bits per heavy atom. The van der Waals surface area contributed by atoms with Crippen LogP contribution in [0.2, 0.25) is 0 Å². The van der Waals surface area contributed by atoms with Crippen LogP contribution in [0.3, 0.4) is 0 Å². The maximum absolute atomic E-state index is 12.7. The largest absolute Gasteiger partial charge is 1.00 e. The van der Waals surface area contributed by atoms with Crippen LogP contribution in [0.5, 0.6) is 0 Å². The molecule has 0 radical (unpaired) electrons. The van der Waals surface area contributed by atoms with E-state index in [1.807, 2.05) is 18.2 Å². The Hall–Kier alpha value is -1.06. The van der Waals surface area contributed by atoms with Gasteiger partial charge in [0.25, 0.3) is 0 Å². The molecule has 22 heavy (non-hydrogen) atoms. The van der Waals surface area contributed by atoms with Crippen molar-refractivity contribution in [2.24, 2.45) is 0 Å². The van der Waals surface area contributed by atoms with Crippen molar-refractivity contribution in [3.63, 3.8) is 0 Å². The molecule has 1 saturated heterocycles. The molecule has 2 aliphatic rings. The molecule has 0 spiro atoms. The summed E-state index contributed by atoms with van der Waals surface area (Å²) in [6.45, 7) is 3.73. The molecule has 122 valence electrons. The number of esters is 1. The number of halogens is 1. The van der Waals surface area contributed by atoms with Gasteiger partial charge < -0.3 is 17.1 Å². The average Bonchev–Trinajstić information content (AvgIpc) is 3.20. The second kappa shape index (κ2) is 7.98. The summed E-state index contributed by atoms with van der Waals surface area (Å²) in [7, 11) is 0. The van der Waals surface area contributed by atoms with Gasteiger partial charge in [0.05, 0.1) is 5.41 Å². The molecule has 4 heteroatoms. The van der Waals surface area contributed by atoms with Gasteiger partial charge in [0.15, 0.2) is 0 Å². The third kappa shape index (κ3) is 3.64. The highest BCUT2D eigenvalue weighted by atomic mass is 35.5. The number of benzene rings is 1. The van der Waals surface area contributed by atoms with Crippen LogP contribution in [-0.2, 0) is 14.9 Å². The highest BCUT2D eigenvalue weighted by molar-refractivity contribution is 5.83. The van der Waals surface area contributed by atoms with Gasteiger partial charge in [-0.05, 0) is 44.3 Å². The van der Waals surface area contributed by atoms with Gasteiger partial charge in [0, 0.05) is 6.54 Å². The number of likely N-dealkylation sites (tertiary alicyclic amines) is 1. The monoisotopic (exact) mass is 322 g/mol. The first-order valence-electron chi connectivity index (χ1n) is 8.26. The third-order valence-corrected chi connectivity index (χ3v) is 5.01. The summed E-state index contributed by atoms with van der Waals surface area (Å²) < 4.78 is 5.67. The van der Waals surface area contributed by atoms with Crippen LogP contribution >= 0.6 is 0 Å². The number of ether oxygens (including phenoxy) is 1. The zero-order valence-corrected chi connectivity index (χ0v) is 13.9. The van der Waals surface area contributed by atoms with Crippen LogP contribution < -0.4 is 12.4 Å². The fourth-order valence-electron chi connectivity index (χ4n) is 3.76. The van der Waals surface area contributed by atoms with Gasteiger partial charge in [-0.1, -0.05) is 43.2 Å². The van der Waals surface area contributed by atoms with Gasteiger partial charge in [0.2, 0.25) is 0 Å². The number of hydrogen-bond acceptors (Lipinski definition) is 3. The van der Waals surface area contributed by atoms with Gasteiger partial charge in [-0.2, -0.15) is 0 Å². The molecule has 1 saturated carbocycles. The standard InChI is InChI=1S/C18H25NO2.ClH/c20-17(21-15-14-19-12-6-7-13-19)18(10-4-5-11-18)16-8-2-1-3-9-16;/h1-3,8-9H,4-7,10-15H2;1H/p-1. The van der Waals surface area contributed by atoms with E-state index in [1.165, 1.54) is 12.8 Å². The lowest BCUT2D eigenvalue weighted by molar-refractivity contribution is -0.151. The SMILES string of the molecule is O=C(OCCN1CCCC1)C1(c2ccccc2)CCCC1.[Cl-]. The molecule has 1 aromatic rings. The molecular formula is C18H25ClNO2-. The Kier molecular flexibility index (Phi) is 6.27. The Bertz CT molecular complexity index is 465. The lowest BCUT2D eigenvalue weighted by Crippen LogP contribution is -3.00. The van der Waals surface area contributed by atoms with Gasteiger partial charge in [-0.25, -0.2) is 0 Å². The molecule has 0 unspecified atom stereocenters. The fourth-order valence-corrected chi connectivity index (χ4v) is 3.76. The lowest BCUT2D eigenvalue weighted by Gasteiger charge is -2.27. The van der Waals surface area contributed by atoms with E-state index < -0.39 is 0 Å². The van der Waals surface area contributed by atoms with Crippen LogP contribution in [0.25, 0.3) is 0 Å². The number of hydrogen-bond donors (Lipinski definition) is 0. The van der Waals surface area contributed by atoms with Gasteiger partial charge in [0.1, 0.15) is 6.61 Å². The predicted octanol–water partition coefficient (Wildman–Crippen LogP) is 0.141. The molecule has 0 amide bonds. The number of nitrogens with zero attached hydrogens (tertiary/aromatic N) is 1. The Morgan fingerprint density at radius 2 is 1.68 bits per heavy atom. The Balaban J connectivity index is 0.00000176. The number of carbonyl (C=O) groups excluding carboxylic acids is 1. The zero-order chi connectivity index (χ0) is 14.5. The van der Waals surface area contributed by atoms with Gasteiger partial charge >= 0.3 is 5.97 Å². The Labute approximate surface area is 139 Å². The Morgan fingerprint density at radius 3 is 2.32 bits per heavy atom. The smallest absolute Gasteiger partial charge is 0.316 e. The van der Waals surface area contributed by atoms with E-state index in [0.29, 0.717) is 6.61 Å². The summed E-state index contributed by atoms with van der Waals surface area (Å²) in [6.07, 6.45) is 6.66. The van der Waals surface area contributed by atoms with Crippen LogP contribution in [0.15, 0.2) is 30.3 Å². The van der Waals surface area contributed by atoms with Crippen molar-refractivity contribution >= 4 is 5.97 Å². The molecule has 0 bridgehead atoms. The van der Waals surface area contributed by atoms with Crippen molar-refractivity contribution in [2.45, 2.75) is 43.9 Å². The fraction of sp³-hybridized carbons (Fsp3) is 0.611. The van der Waals surface area contributed by atoms with Crippen LogP contribution in [0.4, 0.5) is 0 Å². The van der Waals surface area contributed by atoms with Crippen LogP contribution in [-0.4, -0.2) is 37.1 Å². The van der Waals surface area contributed by atoms with Crippen LogP contribution in [0.1, 0.15) is 44.1 Å². The van der Waals surface area contributed by atoms with Crippen molar-refractivity contribution < 1.29 is 21.9 Å². The first-order chi connectivity index (χ1) is 10.3. The number of rotatable bonds is 5. The molecule has 0 aromatic heterocycles. The van der Waals surface area contributed by atoms with Crippen LogP contribution in [0, 0.1) is 0 Å². The molecule has 1 aliphatic carbocycles. The second-order valence-electron chi connectivity index (χ2n) is 6.34. The van der Waals surface area contributed by atoms with Crippen molar-refractivity contribution in [2.75, 3.05) is 26.2 Å². The highest BCUT2D eigenvalue weighted by Crippen LogP contribution is 2.42. The van der Waals surface area contributed by atoms with Gasteiger partial charge in [-0.15, -0.1) is 0 Å². The van der Waals surface area contributed by atoms with E-state index in [-0.39, 0.29) is 23.8 Å². The minimum atomic E-state index is -0.383. The highest BCUT2D eigenvalue weighted by Gasteiger charge is 2.44. The summed E-state index contributed by atoms with van der Waals surface area (Å²) in [6, 6.07) is 10.2. The maximum atomic E-state index is 12.7. The molecule has 1 aliphatic heterocycles. The first kappa shape index (κ1) is 17.3. The van der Waals surface area contributed by atoms with E-state index in [4.69, 9.17) is 4.74 Å². The van der Waals surface area contributed by atoms with E-state index >= 15 is 0 Å². The third-order valence-electron chi connectivity index (χ3n) is 5.01. The maximum Gasteiger partial charge on any atom is 0.316 e. The summed E-state index contributed by atoms with van der Waals surface area (Å²) >= 11 is 0. The summed E-state index contributed by atoms with van der Waals surface area (Å²) in [5, 5.41) is 0. The number of carbonyl (C=O) groups is 1. The topological polar surface area (TPSA) is 29.5 Å². The molecule has 1 aromatic carbocycles. The predicted molar refractivity (Wildman–Crippen MR) is 83.2 cm³/mol. The molecular weight excluding hydrogens is 298 g/mol. The molecule has 2 fully saturated rings. The van der Waals surface area contributed by atoms with Crippen molar-refractivity contribution in [3.8, 4) is 0 Å². The zero-order valence-electron chi connectivity index (χ0n) is 13.1. The normalized spacial score (nSPS) is 20.5. The van der Waals surface area contributed by atoms with E-state index in [9.17, 15) is 4.79 Å². The first-order valence-corrected chi connectivity index (χ1v) is 8.26. The summed E-state index contributed by atoms with van der Waals surface area (Å²) in [5.41, 5.74) is 0.750. The molecule has 3 rings (SSSR count). The van der Waals surface area contributed by atoms with Gasteiger partial charge in [-0.3, -0.25) is 9.69 Å². The molecule has 0 N–H and O–H groups in total. The average molecular weight is 323 g/mol. The summed E-state index contributed by atoms with van der Waals surface area (Å²) in [4.78, 5) is 15.1. The molecule has 0 atom stereocenters. The minimum Gasteiger partial charge on any atom is -1.00 e. The molecule has 1 heterocycles. The lowest BCUT2D eigenvalue weighted by atomic mass is 9.79. The summed E-state index contributed by atoms with van der Waals surface area (Å²) in [5.74, 6) is -0.00889. The quantitative estimate of drug-likeness (QED) is 0.722. The van der Waals surface area contributed by atoms with Crippen molar-refractivity contribution in [1.82, 2.24) is 4.90 Å². The van der Waals surface area contributed by atoms with Crippen molar-refractivity contribution in [1.29, 1.82) is 0 Å². The van der Waals surface area contributed by atoms with E-state index in [0.717, 1.165) is 50.9 Å². The van der Waals surface area contributed by atoms with Crippen molar-refractivity contribution in [3.05, 3.63) is 35.9 Å². The molecule has 3 nitrogen and oxygen atoms in total.